The first-order valence-corrected chi connectivity index (χ1v) is 11.8. The van der Waals surface area contributed by atoms with E-state index in [1.807, 2.05) is 56.3 Å². The topological polar surface area (TPSA) is 66.5 Å². The molecule has 150 valence electrons. The SMILES string of the molecule is Cc1cc(NC(=O)C2CCCN(S(=O)(=O)Cc3ccccc3C)C2)ccc1Br. The number of nitrogens with one attached hydrogen (secondary N) is 1. The number of aryl methyl sites for hydroxylation is 2. The number of nitrogens with zero attached hydrogens (tertiary/aromatic N) is 1. The van der Waals surface area contributed by atoms with Gasteiger partial charge in [-0.2, -0.15) is 0 Å². The van der Waals surface area contributed by atoms with Crippen molar-refractivity contribution < 1.29 is 13.2 Å². The van der Waals surface area contributed by atoms with Crippen molar-refractivity contribution in [3.05, 3.63) is 63.6 Å². The molecule has 1 unspecified atom stereocenters. The van der Waals surface area contributed by atoms with Crippen molar-refractivity contribution in [2.45, 2.75) is 32.4 Å². The van der Waals surface area contributed by atoms with Gasteiger partial charge in [0, 0.05) is 23.2 Å². The van der Waals surface area contributed by atoms with Crippen LogP contribution in [-0.2, 0) is 20.6 Å². The highest BCUT2D eigenvalue weighted by Crippen LogP contribution is 2.25. The Labute approximate surface area is 175 Å². The van der Waals surface area contributed by atoms with E-state index in [2.05, 4.69) is 21.2 Å². The number of hydrogen-bond acceptors (Lipinski definition) is 3. The number of carbonyl (C=O) groups excluding carboxylic acids is 1. The maximum absolute atomic E-state index is 12.9. The van der Waals surface area contributed by atoms with Gasteiger partial charge in [-0.15, -0.1) is 0 Å². The molecule has 1 fully saturated rings. The molecule has 2 aromatic rings. The van der Waals surface area contributed by atoms with Gasteiger partial charge in [0.2, 0.25) is 15.9 Å². The summed E-state index contributed by atoms with van der Waals surface area (Å²) in [6.45, 7) is 4.57. The predicted molar refractivity (Wildman–Crippen MR) is 116 cm³/mol. The Morgan fingerprint density at radius 2 is 1.93 bits per heavy atom. The van der Waals surface area contributed by atoms with Gasteiger partial charge in [-0.3, -0.25) is 4.79 Å². The molecule has 0 aliphatic carbocycles. The molecule has 1 aliphatic rings. The van der Waals surface area contributed by atoms with Crippen LogP contribution in [0.15, 0.2) is 46.9 Å². The quantitative estimate of drug-likeness (QED) is 0.718. The van der Waals surface area contributed by atoms with Crippen molar-refractivity contribution in [3.8, 4) is 0 Å². The van der Waals surface area contributed by atoms with E-state index < -0.39 is 10.0 Å². The number of hydrogen-bond donors (Lipinski definition) is 1. The van der Waals surface area contributed by atoms with Gasteiger partial charge in [0.25, 0.3) is 0 Å². The minimum Gasteiger partial charge on any atom is -0.326 e. The first-order chi connectivity index (χ1) is 13.3. The van der Waals surface area contributed by atoms with Crippen molar-refractivity contribution in [3.63, 3.8) is 0 Å². The molecule has 1 N–H and O–H groups in total. The molecule has 0 radical (unpaired) electrons. The highest BCUT2D eigenvalue weighted by Gasteiger charge is 2.32. The Balaban J connectivity index is 1.68. The third-order valence-electron chi connectivity index (χ3n) is 5.17. The highest BCUT2D eigenvalue weighted by molar-refractivity contribution is 9.10. The van der Waals surface area contributed by atoms with Gasteiger partial charge in [-0.05, 0) is 61.6 Å². The van der Waals surface area contributed by atoms with Gasteiger partial charge in [0.15, 0.2) is 0 Å². The van der Waals surface area contributed by atoms with Crippen LogP contribution in [0, 0.1) is 19.8 Å². The third-order valence-corrected chi connectivity index (χ3v) is 7.86. The number of rotatable bonds is 5. The number of anilines is 1. The fraction of sp³-hybridized carbons (Fsp3) is 0.381. The summed E-state index contributed by atoms with van der Waals surface area (Å²) in [5, 5.41) is 2.93. The Hall–Kier alpha value is -1.70. The second kappa shape index (κ2) is 8.76. The lowest BCUT2D eigenvalue weighted by molar-refractivity contribution is -0.120. The van der Waals surface area contributed by atoms with Crippen molar-refractivity contribution in [2.24, 2.45) is 5.92 Å². The molecule has 0 spiro atoms. The molecule has 0 aromatic heterocycles. The third kappa shape index (κ3) is 5.01. The molecule has 5 nitrogen and oxygen atoms in total. The van der Waals surface area contributed by atoms with Crippen LogP contribution in [0.5, 0.6) is 0 Å². The van der Waals surface area contributed by atoms with E-state index in [0.29, 0.717) is 19.4 Å². The van der Waals surface area contributed by atoms with Crippen molar-refractivity contribution in [1.29, 1.82) is 0 Å². The first kappa shape index (κ1) is 21.0. The minimum absolute atomic E-state index is 0.0279. The second-order valence-electron chi connectivity index (χ2n) is 7.33. The monoisotopic (exact) mass is 464 g/mol. The van der Waals surface area contributed by atoms with E-state index in [0.717, 1.165) is 26.9 Å². The molecule has 0 saturated carbocycles. The average Bonchev–Trinajstić information content (AvgIpc) is 2.66. The highest BCUT2D eigenvalue weighted by atomic mass is 79.9. The Bertz CT molecular complexity index is 975. The minimum atomic E-state index is -3.46. The van der Waals surface area contributed by atoms with E-state index in [1.165, 1.54) is 4.31 Å². The molecule has 7 heteroatoms. The van der Waals surface area contributed by atoms with E-state index in [1.54, 1.807) is 0 Å². The van der Waals surface area contributed by atoms with Gasteiger partial charge < -0.3 is 5.32 Å². The summed E-state index contributed by atoms with van der Waals surface area (Å²) in [4.78, 5) is 12.7. The molecular formula is C21H25BrN2O3S. The van der Waals surface area contributed by atoms with Gasteiger partial charge in [-0.25, -0.2) is 12.7 Å². The van der Waals surface area contributed by atoms with Crippen molar-refractivity contribution >= 4 is 37.5 Å². The largest absolute Gasteiger partial charge is 0.326 e. The maximum atomic E-state index is 12.9. The smallest absolute Gasteiger partial charge is 0.228 e. The maximum Gasteiger partial charge on any atom is 0.228 e. The fourth-order valence-electron chi connectivity index (χ4n) is 3.44. The molecule has 3 rings (SSSR count). The molecule has 0 bridgehead atoms. The van der Waals surface area contributed by atoms with Crippen LogP contribution in [0.1, 0.15) is 29.5 Å². The van der Waals surface area contributed by atoms with Crippen LogP contribution in [0.4, 0.5) is 5.69 Å². The number of piperidine rings is 1. The van der Waals surface area contributed by atoms with E-state index in [-0.39, 0.29) is 24.1 Å². The number of halogens is 1. The second-order valence-corrected chi connectivity index (χ2v) is 10.2. The lowest BCUT2D eigenvalue weighted by atomic mass is 9.98. The zero-order valence-corrected chi connectivity index (χ0v) is 18.5. The van der Waals surface area contributed by atoms with Crippen molar-refractivity contribution in [2.75, 3.05) is 18.4 Å². The summed E-state index contributed by atoms with van der Waals surface area (Å²) in [5.41, 5.74) is 3.52. The summed E-state index contributed by atoms with van der Waals surface area (Å²) in [7, 11) is -3.46. The standard InChI is InChI=1S/C21H25BrN2O3S/c1-15-6-3-4-7-18(15)14-28(26,27)24-11-5-8-17(13-24)21(25)23-19-9-10-20(22)16(2)12-19/h3-4,6-7,9-10,12,17H,5,8,11,13-14H2,1-2H3,(H,23,25). The first-order valence-electron chi connectivity index (χ1n) is 9.35. The summed E-state index contributed by atoms with van der Waals surface area (Å²) < 4.78 is 28.3. The summed E-state index contributed by atoms with van der Waals surface area (Å²) >= 11 is 3.45. The molecule has 1 heterocycles. The lowest BCUT2D eigenvalue weighted by Crippen LogP contribution is -2.44. The summed E-state index contributed by atoms with van der Waals surface area (Å²) in [6.07, 6.45) is 1.38. The van der Waals surface area contributed by atoms with Gasteiger partial charge >= 0.3 is 0 Å². The molecule has 1 saturated heterocycles. The van der Waals surface area contributed by atoms with E-state index in [4.69, 9.17) is 0 Å². The predicted octanol–water partition coefficient (Wildman–Crippen LogP) is 4.25. The Kier molecular flexibility index (Phi) is 6.58. The van der Waals surface area contributed by atoms with Crippen LogP contribution in [-0.4, -0.2) is 31.7 Å². The van der Waals surface area contributed by atoms with Crippen LogP contribution in [0.2, 0.25) is 0 Å². The lowest BCUT2D eigenvalue weighted by Gasteiger charge is -2.31. The molecule has 2 aromatic carbocycles. The number of benzene rings is 2. The molecular weight excluding hydrogens is 440 g/mol. The summed E-state index contributed by atoms with van der Waals surface area (Å²) in [5.74, 6) is -0.498. The van der Waals surface area contributed by atoms with Crippen LogP contribution < -0.4 is 5.32 Å². The zero-order valence-electron chi connectivity index (χ0n) is 16.1. The number of amides is 1. The number of carbonyl (C=O) groups is 1. The van der Waals surface area contributed by atoms with E-state index >= 15 is 0 Å². The number of sulfonamides is 1. The van der Waals surface area contributed by atoms with E-state index in [9.17, 15) is 13.2 Å². The van der Waals surface area contributed by atoms with Crippen LogP contribution in [0.3, 0.4) is 0 Å². The zero-order chi connectivity index (χ0) is 20.3. The van der Waals surface area contributed by atoms with Gasteiger partial charge in [0.1, 0.15) is 0 Å². The average molecular weight is 465 g/mol. The van der Waals surface area contributed by atoms with Crippen LogP contribution >= 0.6 is 15.9 Å². The molecule has 1 amide bonds. The Morgan fingerprint density at radius 1 is 1.18 bits per heavy atom. The Morgan fingerprint density at radius 3 is 2.64 bits per heavy atom. The van der Waals surface area contributed by atoms with Crippen molar-refractivity contribution in [1.82, 2.24) is 4.31 Å². The summed E-state index contributed by atoms with van der Waals surface area (Å²) in [6, 6.07) is 13.1. The molecule has 1 atom stereocenters. The van der Waals surface area contributed by atoms with Gasteiger partial charge in [-0.1, -0.05) is 40.2 Å². The van der Waals surface area contributed by atoms with Crippen LogP contribution in [0.25, 0.3) is 0 Å². The fourth-order valence-corrected chi connectivity index (χ4v) is 5.40. The molecule has 28 heavy (non-hydrogen) atoms. The van der Waals surface area contributed by atoms with Gasteiger partial charge in [0.05, 0.1) is 11.7 Å². The molecule has 1 aliphatic heterocycles. The normalized spacial score (nSPS) is 18.0.